The Morgan fingerprint density at radius 2 is 2.00 bits per heavy atom. The third kappa shape index (κ3) is 5.50. The van der Waals surface area contributed by atoms with Crippen LogP contribution in [0.25, 0.3) is 0 Å². The van der Waals surface area contributed by atoms with E-state index < -0.39 is 0 Å². The standard InChI is InChI=1S/C20H24ClN3O3/c1-20(2,3)22-19(25)24(12-14-7-5-4-6-8-14)13-15-11-16(23-27-15)17-9-10-18(21)26-17/h4-10,15H,11-13H2,1-3H3,(H,22,25)/t15-/m0/s1. The van der Waals surface area contributed by atoms with Gasteiger partial charge in [-0.2, -0.15) is 0 Å². The number of nitrogens with zero attached hydrogens (tertiary/aromatic N) is 2. The summed E-state index contributed by atoms with van der Waals surface area (Å²) in [6.07, 6.45) is 0.316. The Bertz CT molecular complexity index is 811. The van der Waals surface area contributed by atoms with Crippen LogP contribution in [0.2, 0.25) is 5.22 Å². The van der Waals surface area contributed by atoms with Crippen molar-refractivity contribution in [1.29, 1.82) is 0 Å². The third-order valence-electron chi connectivity index (χ3n) is 4.00. The number of furan rings is 1. The highest BCUT2D eigenvalue weighted by Crippen LogP contribution is 2.22. The SMILES string of the molecule is CC(C)(C)NC(=O)N(Cc1ccccc1)C[C@@H]1CC(c2ccc(Cl)o2)=NO1. The van der Waals surface area contributed by atoms with Crippen molar-refractivity contribution in [3.05, 3.63) is 59.0 Å². The minimum atomic E-state index is -0.324. The zero-order valence-electron chi connectivity index (χ0n) is 15.7. The van der Waals surface area contributed by atoms with Crippen molar-refractivity contribution < 1.29 is 14.0 Å². The zero-order valence-corrected chi connectivity index (χ0v) is 16.5. The molecule has 0 radical (unpaired) electrons. The van der Waals surface area contributed by atoms with Crippen LogP contribution in [0.1, 0.15) is 38.5 Å². The first kappa shape index (κ1) is 19.3. The predicted octanol–water partition coefficient (Wildman–Crippen LogP) is 4.44. The van der Waals surface area contributed by atoms with Crippen molar-refractivity contribution in [3.8, 4) is 0 Å². The lowest BCUT2D eigenvalue weighted by Gasteiger charge is -2.29. The van der Waals surface area contributed by atoms with Gasteiger partial charge in [0.1, 0.15) is 5.71 Å². The monoisotopic (exact) mass is 389 g/mol. The van der Waals surface area contributed by atoms with Crippen molar-refractivity contribution in [2.75, 3.05) is 6.54 Å². The summed E-state index contributed by atoms with van der Waals surface area (Å²) in [4.78, 5) is 20.1. The largest absolute Gasteiger partial charge is 0.443 e. The Balaban J connectivity index is 1.67. The van der Waals surface area contributed by atoms with Crippen molar-refractivity contribution >= 4 is 23.3 Å². The van der Waals surface area contributed by atoms with Crippen molar-refractivity contribution in [1.82, 2.24) is 10.2 Å². The smallest absolute Gasteiger partial charge is 0.318 e. The van der Waals surface area contributed by atoms with Crippen LogP contribution in [0.15, 0.2) is 52.0 Å². The van der Waals surface area contributed by atoms with E-state index in [0.717, 1.165) is 5.56 Å². The highest BCUT2D eigenvalue weighted by Gasteiger charge is 2.29. The molecule has 0 aliphatic carbocycles. The number of amides is 2. The topological polar surface area (TPSA) is 67.1 Å². The number of hydrogen-bond donors (Lipinski definition) is 1. The van der Waals surface area contributed by atoms with Crippen LogP contribution in [0.3, 0.4) is 0 Å². The summed E-state index contributed by atoms with van der Waals surface area (Å²) in [5.41, 5.74) is 1.43. The third-order valence-corrected chi connectivity index (χ3v) is 4.20. The van der Waals surface area contributed by atoms with E-state index in [2.05, 4.69) is 10.5 Å². The fraction of sp³-hybridized carbons (Fsp3) is 0.400. The highest BCUT2D eigenvalue weighted by atomic mass is 35.5. The Morgan fingerprint density at radius 1 is 1.26 bits per heavy atom. The molecule has 2 heterocycles. The summed E-state index contributed by atoms with van der Waals surface area (Å²) < 4.78 is 5.39. The quantitative estimate of drug-likeness (QED) is 0.822. The molecule has 1 aliphatic rings. The van der Waals surface area contributed by atoms with E-state index in [1.54, 1.807) is 17.0 Å². The molecule has 0 saturated carbocycles. The second-order valence-corrected chi connectivity index (χ2v) is 7.99. The molecule has 144 valence electrons. The second kappa shape index (κ2) is 8.05. The van der Waals surface area contributed by atoms with Gasteiger partial charge in [0.25, 0.3) is 0 Å². The lowest BCUT2D eigenvalue weighted by molar-refractivity contribution is 0.0580. The van der Waals surface area contributed by atoms with E-state index in [1.165, 1.54) is 0 Å². The molecule has 1 aliphatic heterocycles. The summed E-state index contributed by atoms with van der Waals surface area (Å²) in [6, 6.07) is 13.2. The van der Waals surface area contributed by atoms with Gasteiger partial charge < -0.3 is 19.5 Å². The average Bonchev–Trinajstić information content (AvgIpc) is 3.22. The van der Waals surface area contributed by atoms with Gasteiger partial charge >= 0.3 is 6.03 Å². The van der Waals surface area contributed by atoms with E-state index in [1.807, 2.05) is 51.1 Å². The van der Waals surface area contributed by atoms with Gasteiger partial charge in [-0.25, -0.2) is 4.79 Å². The van der Waals surface area contributed by atoms with Gasteiger partial charge in [0.15, 0.2) is 17.1 Å². The van der Waals surface area contributed by atoms with Gasteiger partial charge in [0.2, 0.25) is 0 Å². The van der Waals surface area contributed by atoms with E-state index in [9.17, 15) is 4.79 Å². The fourth-order valence-electron chi connectivity index (χ4n) is 2.81. The van der Waals surface area contributed by atoms with Gasteiger partial charge in [0, 0.05) is 18.5 Å². The molecule has 2 amide bonds. The number of urea groups is 1. The minimum absolute atomic E-state index is 0.135. The average molecular weight is 390 g/mol. The van der Waals surface area contributed by atoms with Crippen molar-refractivity contribution in [3.63, 3.8) is 0 Å². The molecule has 27 heavy (non-hydrogen) atoms. The minimum Gasteiger partial charge on any atom is -0.443 e. The van der Waals surface area contributed by atoms with Gasteiger partial charge in [-0.3, -0.25) is 0 Å². The molecule has 0 saturated heterocycles. The van der Waals surface area contributed by atoms with Crippen LogP contribution in [-0.4, -0.2) is 34.8 Å². The van der Waals surface area contributed by atoms with E-state index >= 15 is 0 Å². The number of nitrogens with one attached hydrogen (secondary N) is 1. The van der Waals surface area contributed by atoms with Crippen LogP contribution in [0, 0.1) is 0 Å². The molecular formula is C20H24ClN3O3. The first-order valence-electron chi connectivity index (χ1n) is 8.89. The molecule has 1 aromatic carbocycles. The molecule has 0 bridgehead atoms. The molecule has 2 aromatic rings. The Labute approximate surface area is 164 Å². The van der Waals surface area contributed by atoms with Gasteiger partial charge in [0.05, 0.1) is 6.54 Å². The number of carbonyl (C=O) groups is 1. The first-order chi connectivity index (χ1) is 12.8. The summed E-state index contributed by atoms with van der Waals surface area (Å²) in [5, 5.41) is 7.43. The molecule has 1 N–H and O–H groups in total. The fourth-order valence-corrected chi connectivity index (χ4v) is 2.96. The number of carbonyl (C=O) groups excluding carboxylic acids is 1. The lowest BCUT2D eigenvalue weighted by atomic mass is 10.1. The number of rotatable bonds is 5. The summed E-state index contributed by atoms with van der Waals surface area (Å²) in [5.74, 6) is 0.594. The maximum Gasteiger partial charge on any atom is 0.318 e. The molecule has 0 spiro atoms. The van der Waals surface area contributed by atoms with Crippen molar-refractivity contribution in [2.45, 2.75) is 45.4 Å². The summed E-state index contributed by atoms with van der Waals surface area (Å²) >= 11 is 5.83. The molecule has 0 fully saturated rings. The maximum absolute atomic E-state index is 12.8. The molecule has 3 rings (SSSR count). The molecule has 6 nitrogen and oxygen atoms in total. The zero-order chi connectivity index (χ0) is 19.4. The molecular weight excluding hydrogens is 366 g/mol. The highest BCUT2D eigenvalue weighted by molar-refractivity contribution is 6.29. The first-order valence-corrected chi connectivity index (χ1v) is 9.27. The Morgan fingerprint density at radius 3 is 2.63 bits per heavy atom. The maximum atomic E-state index is 12.8. The Hall–Kier alpha value is -2.47. The van der Waals surface area contributed by atoms with Gasteiger partial charge in [-0.1, -0.05) is 35.5 Å². The molecule has 7 heteroatoms. The van der Waals surface area contributed by atoms with Crippen LogP contribution in [0.5, 0.6) is 0 Å². The number of hydrogen-bond acceptors (Lipinski definition) is 4. The number of oxime groups is 1. The predicted molar refractivity (Wildman–Crippen MR) is 105 cm³/mol. The van der Waals surface area contributed by atoms with Crippen molar-refractivity contribution in [2.24, 2.45) is 5.16 Å². The normalized spacial score (nSPS) is 16.6. The number of halogens is 1. The molecule has 1 atom stereocenters. The van der Waals surface area contributed by atoms with E-state index in [0.29, 0.717) is 36.2 Å². The van der Waals surface area contributed by atoms with E-state index in [-0.39, 0.29) is 17.7 Å². The van der Waals surface area contributed by atoms with E-state index in [4.69, 9.17) is 20.9 Å². The van der Waals surface area contributed by atoms with Crippen LogP contribution in [0.4, 0.5) is 4.79 Å². The van der Waals surface area contributed by atoms with Crippen LogP contribution in [-0.2, 0) is 11.4 Å². The van der Waals surface area contributed by atoms with Gasteiger partial charge in [-0.15, -0.1) is 0 Å². The van der Waals surface area contributed by atoms with Crippen LogP contribution < -0.4 is 5.32 Å². The van der Waals surface area contributed by atoms with Gasteiger partial charge in [-0.05, 0) is 50.1 Å². The second-order valence-electron chi connectivity index (χ2n) is 7.62. The molecule has 0 unspecified atom stereocenters. The summed E-state index contributed by atoms with van der Waals surface area (Å²) in [7, 11) is 0. The lowest BCUT2D eigenvalue weighted by Crippen LogP contribution is -2.50. The number of benzene rings is 1. The molecule has 1 aromatic heterocycles. The Kier molecular flexibility index (Phi) is 5.75. The summed E-state index contributed by atoms with van der Waals surface area (Å²) in [6.45, 7) is 6.78. The van der Waals surface area contributed by atoms with Crippen LogP contribution >= 0.6 is 11.6 Å².